The van der Waals surface area contributed by atoms with Gasteiger partial charge in [-0.15, -0.1) is 0 Å². The Balaban J connectivity index is 1.50. The van der Waals surface area contributed by atoms with Gasteiger partial charge in [-0.05, 0) is 48.6 Å². The van der Waals surface area contributed by atoms with Crippen molar-refractivity contribution in [2.24, 2.45) is 0 Å². The summed E-state index contributed by atoms with van der Waals surface area (Å²) in [5.41, 5.74) is 2.71. The maximum Gasteiger partial charge on any atom is 0.251 e. The number of carbonyl (C=O) groups excluding carboxylic acids is 2. The zero-order chi connectivity index (χ0) is 22.0. The van der Waals surface area contributed by atoms with Gasteiger partial charge in [-0.3, -0.25) is 9.59 Å². The van der Waals surface area contributed by atoms with E-state index in [1.165, 1.54) is 28.9 Å². The minimum absolute atomic E-state index is 0.0556. The first-order valence-electron chi connectivity index (χ1n) is 10.6. The molecule has 0 unspecified atom stereocenters. The standard InChI is InChI=1S/C23H27N3O4S/c1-17(27)25-12-14-26(15-13-25)31(29,30)20-9-4-8-19(16-20)23(28)24-22-11-5-7-18-6-2-3-10-21(18)22/h2-4,6,8-10,16,22H,5,7,11-15H2,1H3,(H,24,28)/t22-/m0/s1. The summed E-state index contributed by atoms with van der Waals surface area (Å²) in [6, 6.07) is 14.2. The van der Waals surface area contributed by atoms with Crippen LogP contribution in [0.4, 0.5) is 0 Å². The first kappa shape index (κ1) is 21.5. The molecule has 1 aliphatic carbocycles. The molecule has 2 aliphatic rings. The van der Waals surface area contributed by atoms with Crippen LogP contribution in [0.5, 0.6) is 0 Å². The highest BCUT2D eigenvalue weighted by atomic mass is 32.2. The lowest BCUT2D eigenvalue weighted by Crippen LogP contribution is -2.49. The molecule has 1 heterocycles. The summed E-state index contributed by atoms with van der Waals surface area (Å²) in [4.78, 5) is 26.2. The zero-order valence-corrected chi connectivity index (χ0v) is 18.4. The number of aryl methyl sites for hydroxylation is 1. The molecule has 0 spiro atoms. The van der Waals surface area contributed by atoms with E-state index in [0.717, 1.165) is 24.8 Å². The van der Waals surface area contributed by atoms with Crippen LogP contribution in [0.2, 0.25) is 0 Å². The maximum absolute atomic E-state index is 13.1. The predicted octanol–water partition coefficient (Wildman–Crippen LogP) is 2.35. The molecule has 1 fully saturated rings. The van der Waals surface area contributed by atoms with E-state index in [1.807, 2.05) is 18.2 Å². The van der Waals surface area contributed by atoms with Crippen LogP contribution in [0.15, 0.2) is 53.4 Å². The number of piperazine rings is 1. The molecule has 164 valence electrons. The second-order valence-corrected chi connectivity index (χ2v) is 9.99. The van der Waals surface area contributed by atoms with Gasteiger partial charge in [-0.2, -0.15) is 4.31 Å². The number of benzene rings is 2. The Morgan fingerprint density at radius 3 is 2.48 bits per heavy atom. The minimum Gasteiger partial charge on any atom is -0.345 e. The molecule has 4 rings (SSSR count). The molecule has 1 aliphatic heterocycles. The first-order valence-corrected chi connectivity index (χ1v) is 12.0. The van der Waals surface area contributed by atoms with E-state index in [1.54, 1.807) is 17.0 Å². The molecule has 1 N–H and O–H groups in total. The molecular weight excluding hydrogens is 414 g/mol. The van der Waals surface area contributed by atoms with E-state index in [2.05, 4.69) is 11.4 Å². The molecule has 8 heteroatoms. The van der Waals surface area contributed by atoms with Crippen LogP contribution in [0.3, 0.4) is 0 Å². The van der Waals surface area contributed by atoms with E-state index in [-0.39, 0.29) is 35.8 Å². The molecule has 31 heavy (non-hydrogen) atoms. The van der Waals surface area contributed by atoms with Gasteiger partial charge in [0.1, 0.15) is 0 Å². The lowest BCUT2D eigenvalue weighted by atomic mass is 9.87. The van der Waals surface area contributed by atoms with Crippen molar-refractivity contribution >= 4 is 21.8 Å². The summed E-state index contributed by atoms with van der Waals surface area (Å²) in [5, 5.41) is 3.08. The Labute approximate surface area is 183 Å². The van der Waals surface area contributed by atoms with Gasteiger partial charge < -0.3 is 10.2 Å². The van der Waals surface area contributed by atoms with Gasteiger partial charge in [-0.1, -0.05) is 30.3 Å². The van der Waals surface area contributed by atoms with E-state index >= 15 is 0 Å². The Bertz CT molecular complexity index is 1090. The van der Waals surface area contributed by atoms with Gasteiger partial charge >= 0.3 is 0 Å². The molecule has 1 saturated heterocycles. The fraction of sp³-hybridized carbons (Fsp3) is 0.391. The van der Waals surface area contributed by atoms with Gasteiger partial charge in [-0.25, -0.2) is 8.42 Å². The number of nitrogens with zero attached hydrogens (tertiary/aromatic N) is 2. The highest BCUT2D eigenvalue weighted by Crippen LogP contribution is 2.30. The van der Waals surface area contributed by atoms with Gasteiger partial charge in [0.05, 0.1) is 10.9 Å². The monoisotopic (exact) mass is 441 g/mol. The fourth-order valence-electron chi connectivity index (χ4n) is 4.34. The SMILES string of the molecule is CC(=O)N1CCN(S(=O)(=O)c2cccc(C(=O)N[C@H]3CCCc4ccccc43)c2)CC1. The summed E-state index contributed by atoms with van der Waals surface area (Å²) < 4.78 is 27.5. The predicted molar refractivity (Wildman–Crippen MR) is 117 cm³/mol. The third-order valence-corrected chi connectivity index (χ3v) is 7.99. The number of amides is 2. The molecule has 2 aromatic rings. The molecule has 2 aromatic carbocycles. The average Bonchev–Trinajstić information content (AvgIpc) is 2.79. The highest BCUT2D eigenvalue weighted by Gasteiger charge is 2.30. The van der Waals surface area contributed by atoms with Crippen LogP contribution in [0, 0.1) is 0 Å². The minimum atomic E-state index is -3.73. The van der Waals surface area contributed by atoms with Gasteiger partial charge in [0.15, 0.2) is 0 Å². The van der Waals surface area contributed by atoms with Crippen molar-refractivity contribution < 1.29 is 18.0 Å². The van der Waals surface area contributed by atoms with Crippen LogP contribution in [-0.4, -0.2) is 55.6 Å². The Kier molecular flexibility index (Phi) is 6.11. The number of nitrogens with one attached hydrogen (secondary N) is 1. The lowest BCUT2D eigenvalue weighted by molar-refractivity contribution is -0.129. The summed E-state index contributed by atoms with van der Waals surface area (Å²) >= 11 is 0. The molecule has 0 bridgehead atoms. The third-order valence-electron chi connectivity index (χ3n) is 6.09. The summed E-state index contributed by atoms with van der Waals surface area (Å²) in [6.07, 6.45) is 2.87. The second-order valence-electron chi connectivity index (χ2n) is 8.06. The van der Waals surface area contributed by atoms with E-state index in [0.29, 0.717) is 18.7 Å². The Morgan fingerprint density at radius 2 is 1.74 bits per heavy atom. The number of rotatable bonds is 4. The molecular formula is C23H27N3O4S. The van der Waals surface area contributed by atoms with Crippen molar-refractivity contribution in [1.29, 1.82) is 0 Å². The van der Waals surface area contributed by atoms with Gasteiger partial charge in [0, 0.05) is 38.7 Å². The van der Waals surface area contributed by atoms with Crippen molar-refractivity contribution in [2.45, 2.75) is 37.1 Å². The number of carbonyl (C=O) groups is 2. The van der Waals surface area contributed by atoms with E-state index in [9.17, 15) is 18.0 Å². The number of hydrogen-bond donors (Lipinski definition) is 1. The molecule has 0 radical (unpaired) electrons. The largest absolute Gasteiger partial charge is 0.345 e. The zero-order valence-electron chi connectivity index (χ0n) is 17.6. The molecule has 0 aromatic heterocycles. The quantitative estimate of drug-likeness (QED) is 0.789. The van der Waals surface area contributed by atoms with Crippen molar-refractivity contribution in [3.8, 4) is 0 Å². The van der Waals surface area contributed by atoms with E-state index in [4.69, 9.17) is 0 Å². The Hall–Kier alpha value is -2.71. The highest BCUT2D eigenvalue weighted by molar-refractivity contribution is 7.89. The number of fused-ring (bicyclic) bond motifs is 1. The smallest absolute Gasteiger partial charge is 0.251 e. The van der Waals surface area contributed by atoms with Crippen LogP contribution in [0.25, 0.3) is 0 Å². The number of sulfonamides is 1. The van der Waals surface area contributed by atoms with Crippen molar-refractivity contribution in [1.82, 2.24) is 14.5 Å². The molecule has 0 saturated carbocycles. The second kappa shape index (κ2) is 8.80. The van der Waals surface area contributed by atoms with Gasteiger partial charge in [0.25, 0.3) is 5.91 Å². The van der Waals surface area contributed by atoms with Crippen LogP contribution in [0.1, 0.15) is 47.3 Å². The summed E-state index contributed by atoms with van der Waals surface area (Å²) in [7, 11) is -3.73. The molecule has 2 amide bonds. The third kappa shape index (κ3) is 4.50. The van der Waals surface area contributed by atoms with Crippen molar-refractivity contribution in [3.63, 3.8) is 0 Å². The Morgan fingerprint density at radius 1 is 1.00 bits per heavy atom. The average molecular weight is 442 g/mol. The maximum atomic E-state index is 13.1. The number of hydrogen-bond acceptors (Lipinski definition) is 4. The van der Waals surface area contributed by atoms with Crippen molar-refractivity contribution in [2.75, 3.05) is 26.2 Å². The summed E-state index contributed by atoms with van der Waals surface area (Å²) in [5.74, 6) is -0.333. The lowest BCUT2D eigenvalue weighted by Gasteiger charge is -2.33. The first-order chi connectivity index (χ1) is 14.9. The molecule has 7 nitrogen and oxygen atoms in total. The molecule has 1 atom stereocenters. The van der Waals surface area contributed by atoms with Crippen LogP contribution >= 0.6 is 0 Å². The van der Waals surface area contributed by atoms with E-state index < -0.39 is 10.0 Å². The topological polar surface area (TPSA) is 86.8 Å². The fourth-order valence-corrected chi connectivity index (χ4v) is 5.80. The van der Waals surface area contributed by atoms with Crippen LogP contribution in [-0.2, 0) is 21.2 Å². The van der Waals surface area contributed by atoms with Gasteiger partial charge in [0.2, 0.25) is 15.9 Å². The summed E-state index contributed by atoms with van der Waals surface area (Å²) in [6.45, 7) is 2.72. The van der Waals surface area contributed by atoms with Crippen LogP contribution < -0.4 is 5.32 Å². The normalized spacial score (nSPS) is 19.5. The van der Waals surface area contributed by atoms with Crippen molar-refractivity contribution in [3.05, 3.63) is 65.2 Å².